The van der Waals surface area contributed by atoms with Gasteiger partial charge in [0, 0.05) is 7.11 Å². The fourth-order valence-electron chi connectivity index (χ4n) is 1.95. The average molecular weight is 366 g/mol. The Morgan fingerprint density at radius 2 is 2.30 bits per heavy atom. The lowest BCUT2D eigenvalue weighted by atomic mass is 10.4. The predicted molar refractivity (Wildman–Crippen MR) is 88.6 cm³/mol. The fourth-order valence-corrected chi connectivity index (χ4v) is 2.61. The van der Waals surface area contributed by atoms with E-state index < -0.39 is 13.0 Å². The Bertz CT molecular complexity index is 657. The Balaban J connectivity index is 1.96. The molecule has 2 heterocycles. The minimum absolute atomic E-state index is 0.0471. The van der Waals surface area contributed by atoms with Crippen LogP contribution in [0.1, 0.15) is 6.92 Å². The molecule has 0 amide bonds. The summed E-state index contributed by atoms with van der Waals surface area (Å²) in [7, 11) is 1.25. The number of aromatic amines is 1. The summed E-state index contributed by atoms with van der Waals surface area (Å²) < 4.78 is 26.6. The summed E-state index contributed by atoms with van der Waals surface area (Å²) in [4.78, 5) is 20.3. The van der Waals surface area contributed by atoms with E-state index in [0.717, 1.165) is 0 Å². The van der Waals surface area contributed by atoms with Crippen molar-refractivity contribution >= 4 is 36.5 Å². The molecule has 0 aromatic carbocycles. The number of ether oxygens (including phenoxy) is 1. The van der Waals surface area contributed by atoms with Gasteiger partial charge in [0.15, 0.2) is 5.82 Å². The number of fused-ring (bicyclic) bond motifs is 1. The molecule has 5 N–H and O–H groups in total. The molecule has 0 saturated heterocycles. The molecule has 1 aliphatic heterocycles. The molecule has 0 radical (unpaired) electrons. The quantitative estimate of drug-likeness (QED) is 0.143. The third-order valence-corrected chi connectivity index (χ3v) is 4.91. The number of hydrogen-bond acceptors (Lipinski definition) is 10. The van der Waals surface area contributed by atoms with Crippen LogP contribution < -0.4 is 27.0 Å². The maximum Gasteiger partial charge on any atom is 0.385 e. The van der Waals surface area contributed by atoms with E-state index in [4.69, 9.17) is 15.1 Å². The van der Waals surface area contributed by atoms with Crippen LogP contribution in [-0.4, -0.2) is 43.2 Å². The number of anilines is 3. The summed E-state index contributed by atoms with van der Waals surface area (Å²) in [5.74, 6) is 5.84. The lowest BCUT2D eigenvalue weighted by molar-refractivity contribution is 0.0418. The van der Waals surface area contributed by atoms with Crippen LogP contribution in [-0.2, 0) is 18.3 Å². The number of nitrogens with one attached hydrogen (secondary N) is 3. The SMILES string of the molecule is COP(=O)(S)OCCO[C@H](C)N1CNc2c1nc(NN)[nH]c2=O. The summed E-state index contributed by atoms with van der Waals surface area (Å²) in [5, 5.41) is 2.94. The van der Waals surface area contributed by atoms with Crippen LogP contribution in [0.4, 0.5) is 17.5 Å². The zero-order chi connectivity index (χ0) is 17.0. The maximum atomic E-state index is 11.9. The maximum absolute atomic E-state index is 11.9. The Morgan fingerprint density at radius 3 is 2.96 bits per heavy atom. The number of rotatable bonds is 8. The molecule has 23 heavy (non-hydrogen) atoms. The van der Waals surface area contributed by atoms with Gasteiger partial charge in [-0.2, -0.15) is 4.98 Å². The van der Waals surface area contributed by atoms with Gasteiger partial charge in [-0.1, -0.05) is 12.2 Å². The van der Waals surface area contributed by atoms with E-state index in [9.17, 15) is 9.36 Å². The molecule has 1 aliphatic rings. The van der Waals surface area contributed by atoms with E-state index in [0.29, 0.717) is 18.2 Å². The molecular weight excluding hydrogens is 347 g/mol. The Hall–Kier alpha value is -1.30. The molecule has 0 fully saturated rings. The molecular formula is C10H19N6O5PS. The van der Waals surface area contributed by atoms with Gasteiger partial charge in [-0.15, -0.1) is 0 Å². The highest BCUT2D eigenvalue weighted by molar-refractivity contribution is 8.44. The van der Waals surface area contributed by atoms with Gasteiger partial charge >= 0.3 is 6.80 Å². The summed E-state index contributed by atoms with van der Waals surface area (Å²) in [5.41, 5.74) is 2.30. The van der Waals surface area contributed by atoms with Crippen molar-refractivity contribution in [3.63, 3.8) is 0 Å². The van der Waals surface area contributed by atoms with Gasteiger partial charge in [-0.25, -0.2) is 10.4 Å². The summed E-state index contributed by atoms with van der Waals surface area (Å²) in [6, 6.07) is 0. The largest absolute Gasteiger partial charge is 0.385 e. The highest BCUT2D eigenvalue weighted by Crippen LogP contribution is 2.51. The second kappa shape index (κ2) is 7.51. The lowest BCUT2D eigenvalue weighted by Crippen LogP contribution is -2.36. The third kappa shape index (κ3) is 4.37. The number of aromatic nitrogens is 2. The van der Waals surface area contributed by atoms with Gasteiger partial charge in [0.1, 0.15) is 11.9 Å². The van der Waals surface area contributed by atoms with E-state index in [2.05, 4.69) is 37.5 Å². The number of thiol groups is 1. The summed E-state index contributed by atoms with van der Waals surface area (Å²) in [6.07, 6.45) is -0.408. The van der Waals surface area contributed by atoms with Crippen molar-refractivity contribution in [3.8, 4) is 0 Å². The van der Waals surface area contributed by atoms with E-state index in [1.807, 2.05) is 0 Å². The van der Waals surface area contributed by atoms with Crippen LogP contribution in [0.2, 0.25) is 0 Å². The lowest BCUT2D eigenvalue weighted by Gasteiger charge is -2.25. The van der Waals surface area contributed by atoms with Gasteiger partial charge in [0.05, 0.1) is 19.9 Å². The molecule has 0 spiro atoms. The molecule has 1 unspecified atom stereocenters. The summed E-state index contributed by atoms with van der Waals surface area (Å²) in [6.45, 7) is -0.979. The summed E-state index contributed by atoms with van der Waals surface area (Å²) >= 11 is 3.74. The standard InChI is InChI=1S/C10H19N6O5PS/c1-6(20-3-4-21-22(18,23)19-2)16-5-12-7-8(16)13-10(15-11)14-9(7)17/h6,12H,3-5,11H2,1-2H3,(H,18,23)(H2,13,14,15,17)/t6-,22?/m1/s1. The van der Waals surface area contributed by atoms with Crippen molar-refractivity contribution in [2.45, 2.75) is 13.2 Å². The van der Waals surface area contributed by atoms with Gasteiger partial charge in [0.2, 0.25) is 5.95 Å². The van der Waals surface area contributed by atoms with Crippen molar-refractivity contribution in [1.29, 1.82) is 0 Å². The van der Waals surface area contributed by atoms with Crippen molar-refractivity contribution in [1.82, 2.24) is 9.97 Å². The first-order chi connectivity index (χ1) is 10.9. The number of nitrogens with zero attached hydrogens (tertiary/aromatic N) is 2. The number of H-pyrrole nitrogens is 1. The third-order valence-electron chi connectivity index (χ3n) is 3.10. The topological polar surface area (TPSA) is 144 Å². The van der Waals surface area contributed by atoms with Crippen LogP contribution in [0.25, 0.3) is 0 Å². The van der Waals surface area contributed by atoms with E-state index in [1.54, 1.807) is 11.8 Å². The van der Waals surface area contributed by atoms with Gasteiger partial charge < -0.3 is 19.5 Å². The first-order valence-electron chi connectivity index (χ1n) is 6.64. The number of nitrogens with two attached hydrogens (primary N) is 1. The zero-order valence-corrected chi connectivity index (χ0v) is 14.4. The van der Waals surface area contributed by atoms with E-state index in [-0.39, 0.29) is 24.7 Å². The van der Waals surface area contributed by atoms with Crippen molar-refractivity contribution in [2.75, 3.05) is 42.6 Å². The monoisotopic (exact) mass is 366 g/mol. The predicted octanol–water partition coefficient (Wildman–Crippen LogP) is 0.308. The fraction of sp³-hybridized carbons (Fsp3) is 0.600. The van der Waals surface area contributed by atoms with Gasteiger partial charge in [-0.3, -0.25) is 19.7 Å². The first-order valence-corrected chi connectivity index (χ1v) is 9.33. The Morgan fingerprint density at radius 1 is 1.57 bits per heavy atom. The minimum Gasteiger partial charge on any atom is -0.360 e. The second-order valence-electron chi connectivity index (χ2n) is 4.52. The molecule has 0 aliphatic carbocycles. The van der Waals surface area contributed by atoms with Crippen molar-refractivity contribution in [2.24, 2.45) is 5.84 Å². The molecule has 13 heteroatoms. The normalized spacial score (nSPS) is 17.3. The zero-order valence-electron chi connectivity index (χ0n) is 12.6. The highest BCUT2D eigenvalue weighted by atomic mass is 32.7. The van der Waals surface area contributed by atoms with Crippen LogP contribution in [0, 0.1) is 0 Å². The Kier molecular flexibility index (Phi) is 5.89. The molecule has 0 saturated carbocycles. The van der Waals surface area contributed by atoms with Crippen LogP contribution in [0.3, 0.4) is 0 Å². The molecule has 130 valence electrons. The molecule has 0 bridgehead atoms. The van der Waals surface area contributed by atoms with Gasteiger partial charge in [-0.05, 0) is 6.92 Å². The van der Waals surface area contributed by atoms with Crippen LogP contribution >= 0.6 is 19.0 Å². The second-order valence-corrected chi connectivity index (χ2v) is 7.55. The van der Waals surface area contributed by atoms with Crippen LogP contribution in [0.5, 0.6) is 0 Å². The van der Waals surface area contributed by atoms with E-state index >= 15 is 0 Å². The number of hydrogen-bond donors (Lipinski definition) is 5. The van der Waals surface area contributed by atoms with Crippen LogP contribution in [0.15, 0.2) is 4.79 Å². The molecule has 1 aromatic heterocycles. The molecule has 2 atom stereocenters. The smallest absolute Gasteiger partial charge is 0.360 e. The number of nitrogen functional groups attached to an aromatic ring is 1. The average Bonchev–Trinajstić information content (AvgIpc) is 2.95. The first kappa shape index (κ1) is 18.0. The van der Waals surface area contributed by atoms with Gasteiger partial charge in [0.25, 0.3) is 5.56 Å². The van der Waals surface area contributed by atoms with Crippen molar-refractivity contribution in [3.05, 3.63) is 10.4 Å². The minimum atomic E-state index is -3.32. The molecule has 2 rings (SSSR count). The molecule has 1 aromatic rings. The number of hydrazine groups is 1. The van der Waals surface area contributed by atoms with Crippen molar-refractivity contribution < 1.29 is 18.3 Å². The molecule has 11 nitrogen and oxygen atoms in total. The Labute approximate surface area is 137 Å². The van der Waals surface area contributed by atoms with E-state index in [1.165, 1.54) is 7.11 Å². The highest BCUT2D eigenvalue weighted by Gasteiger charge is 2.28.